The first-order valence-electron chi connectivity index (χ1n) is 7.76. The molecule has 0 radical (unpaired) electrons. The van der Waals surface area contributed by atoms with Gasteiger partial charge in [0.05, 0.1) is 11.4 Å². The molecule has 24 heavy (non-hydrogen) atoms. The van der Waals surface area contributed by atoms with Gasteiger partial charge >= 0.3 is 0 Å². The molecule has 1 saturated heterocycles. The second-order valence-electron chi connectivity index (χ2n) is 6.89. The predicted octanol–water partition coefficient (Wildman–Crippen LogP) is 5.04. The van der Waals surface area contributed by atoms with Gasteiger partial charge in [-0.3, -0.25) is 9.69 Å². The molecule has 0 unspecified atom stereocenters. The first-order valence-corrected chi connectivity index (χ1v) is 8.81. The van der Waals surface area contributed by atoms with Gasteiger partial charge in [-0.15, -0.1) is 11.8 Å². The SMILES string of the molecule is CC(C)(C)c1ccc([C@@H]2SCC(=O)N2c2ccc(F)cc2F)cc1. The molecule has 5 heteroatoms. The van der Waals surface area contributed by atoms with Crippen molar-refractivity contribution in [1.82, 2.24) is 0 Å². The Hall–Kier alpha value is -1.88. The molecule has 0 spiro atoms. The summed E-state index contributed by atoms with van der Waals surface area (Å²) in [4.78, 5) is 13.7. The zero-order valence-electron chi connectivity index (χ0n) is 13.8. The number of nitrogens with zero attached hydrogens (tertiary/aromatic N) is 1. The van der Waals surface area contributed by atoms with Crippen LogP contribution in [0, 0.1) is 11.6 Å². The molecule has 0 aromatic heterocycles. The minimum atomic E-state index is -0.720. The van der Waals surface area contributed by atoms with Gasteiger partial charge in [0, 0.05) is 6.07 Å². The van der Waals surface area contributed by atoms with E-state index in [-0.39, 0.29) is 28.1 Å². The summed E-state index contributed by atoms with van der Waals surface area (Å²) in [6.45, 7) is 6.40. The highest BCUT2D eigenvalue weighted by Gasteiger charge is 2.35. The van der Waals surface area contributed by atoms with Crippen LogP contribution < -0.4 is 4.90 Å². The molecule has 3 rings (SSSR count). The monoisotopic (exact) mass is 347 g/mol. The van der Waals surface area contributed by atoms with Crippen molar-refractivity contribution in [2.45, 2.75) is 31.6 Å². The van der Waals surface area contributed by atoms with Crippen molar-refractivity contribution in [1.29, 1.82) is 0 Å². The summed E-state index contributed by atoms with van der Waals surface area (Å²) in [5.74, 6) is -1.26. The average Bonchev–Trinajstić information content (AvgIpc) is 2.88. The van der Waals surface area contributed by atoms with Gasteiger partial charge in [0.1, 0.15) is 17.0 Å². The fourth-order valence-electron chi connectivity index (χ4n) is 2.76. The van der Waals surface area contributed by atoms with E-state index in [1.54, 1.807) is 0 Å². The van der Waals surface area contributed by atoms with Gasteiger partial charge < -0.3 is 0 Å². The number of anilines is 1. The molecule has 2 aromatic carbocycles. The lowest BCUT2D eigenvalue weighted by Crippen LogP contribution is -2.28. The molecule has 0 saturated carbocycles. The number of hydrogen-bond acceptors (Lipinski definition) is 2. The number of rotatable bonds is 2. The highest BCUT2D eigenvalue weighted by Crippen LogP contribution is 2.43. The second kappa shape index (κ2) is 6.20. The number of carbonyl (C=O) groups is 1. The van der Waals surface area contributed by atoms with Crippen molar-refractivity contribution in [3.8, 4) is 0 Å². The predicted molar refractivity (Wildman–Crippen MR) is 94.2 cm³/mol. The first kappa shape index (κ1) is 17.0. The Balaban J connectivity index is 1.96. The minimum Gasteiger partial charge on any atom is -0.292 e. The summed E-state index contributed by atoms with van der Waals surface area (Å²) in [5, 5.41) is -0.300. The van der Waals surface area contributed by atoms with Crippen LogP contribution >= 0.6 is 11.8 Å². The van der Waals surface area contributed by atoms with Crippen LogP contribution in [0.3, 0.4) is 0 Å². The Bertz CT molecular complexity index is 768. The maximum absolute atomic E-state index is 14.1. The zero-order valence-corrected chi connectivity index (χ0v) is 14.7. The van der Waals surface area contributed by atoms with Crippen molar-refractivity contribution in [2.24, 2.45) is 0 Å². The molecule has 1 fully saturated rings. The summed E-state index contributed by atoms with van der Waals surface area (Å²) in [6, 6.07) is 11.3. The van der Waals surface area contributed by atoms with E-state index in [2.05, 4.69) is 20.8 Å². The first-order chi connectivity index (χ1) is 11.3. The Kier molecular flexibility index (Phi) is 4.38. The molecule has 1 heterocycles. The molecular formula is C19H19F2NOS. The van der Waals surface area contributed by atoms with E-state index in [1.165, 1.54) is 34.4 Å². The number of carbonyl (C=O) groups excluding carboxylic acids is 1. The van der Waals surface area contributed by atoms with Crippen LogP contribution in [0.25, 0.3) is 0 Å². The van der Waals surface area contributed by atoms with Crippen LogP contribution in [-0.2, 0) is 10.2 Å². The summed E-state index contributed by atoms with van der Waals surface area (Å²) in [5.41, 5.74) is 2.29. The van der Waals surface area contributed by atoms with Crippen LogP contribution in [0.15, 0.2) is 42.5 Å². The van der Waals surface area contributed by atoms with Gasteiger partial charge in [-0.25, -0.2) is 8.78 Å². The normalized spacial score (nSPS) is 18.3. The molecule has 1 aliphatic rings. The molecule has 0 bridgehead atoms. The van der Waals surface area contributed by atoms with E-state index in [4.69, 9.17) is 0 Å². The molecular weight excluding hydrogens is 328 g/mol. The summed E-state index contributed by atoms with van der Waals surface area (Å²) >= 11 is 1.45. The van der Waals surface area contributed by atoms with Crippen molar-refractivity contribution >= 4 is 23.4 Å². The van der Waals surface area contributed by atoms with E-state index in [1.807, 2.05) is 24.3 Å². The second-order valence-corrected chi connectivity index (χ2v) is 7.96. The summed E-state index contributed by atoms with van der Waals surface area (Å²) in [7, 11) is 0. The topological polar surface area (TPSA) is 20.3 Å². The van der Waals surface area contributed by atoms with Crippen LogP contribution in [0.2, 0.25) is 0 Å². The highest BCUT2D eigenvalue weighted by molar-refractivity contribution is 8.00. The molecule has 1 amide bonds. The molecule has 2 nitrogen and oxygen atoms in total. The Morgan fingerprint density at radius 2 is 1.75 bits per heavy atom. The lowest BCUT2D eigenvalue weighted by Gasteiger charge is -2.26. The standard InChI is InChI=1S/C19H19F2NOS/c1-19(2,3)13-6-4-12(5-7-13)18-22(17(23)11-24-18)16-9-8-14(20)10-15(16)21/h4-10,18H,11H2,1-3H3/t18-/m0/s1. The largest absolute Gasteiger partial charge is 0.292 e. The lowest BCUT2D eigenvalue weighted by atomic mass is 9.86. The zero-order chi connectivity index (χ0) is 17.5. The fraction of sp³-hybridized carbons (Fsp3) is 0.316. The number of hydrogen-bond donors (Lipinski definition) is 0. The Labute approximate surface area is 144 Å². The van der Waals surface area contributed by atoms with E-state index in [0.717, 1.165) is 11.6 Å². The Morgan fingerprint density at radius 1 is 1.08 bits per heavy atom. The van der Waals surface area contributed by atoms with Crippen molar-refractivity contribution in [3.05, 3.63) is 65.2 Å². The van der Waals surface area contributed by atoms with E-state index in [0.29, 0.717) is 0 Å². The third-order valence-corrected chi connectivity index (χ3v) is 5.31. The lowest BCUT2D eigenvalue weighted by molar-refractivity contribution is -0.115. The molecule has 0 N–H and O–H groups in total. The number of thioether (sulfide) groups is 1. The number of benzene rings is 2. The van der Waals surface area contributed by atoms with Gasteiger partial charge in [-0.05, 0) is 28.7 Å². The highest BCUT2D eigenvalue weighted by atomic mass is 32.2. The molecule has 2 aromatic rings. The van der Waals surface area contributed by atoms with E-state index < -0.39 is 11.6 Å². The van der Waals surface area contributed by atoms with Crippen LogP contribution in [-0.4, -0.2) is 11.7 Å². The summed E-state index contributed by atoms with van der Waals surface area (Å²) < 4.78 is 27.3. The molecule has 1 aliphatic heterocycles. The maximum atomic E-state index is 14.1. The van der Waals surface area contributed by atoms with Gasteiger partial charge in [0.2, 0.25) is 5.91 Å². The van der Waals surface area contributed by atoms with Crippen LogP contribution in [0.1, 0.15) is 37.3 Å². The molecule has 126 valence electrons. The van der Waals surface area contributed by atoms with E-state index >= 15 is 0 Å². The maximum Gasteiger partial charge on any atom is 0.238 e. The smallest absolute Gasteiger partial charge is 0.238 e. The van der Waals surface area contributed by atoms with Crippen molar-refractivity contribution in [2.75, 3.05) is 10.7 Å². The minimum absolute atomic E-state index is 0.0416. The number of halogens is 2. The van der Waals surface area contributed by atoms with Gasteiger partial charge in [-0.1, -0.05) is 45.0 Å². The number of amides is 1. The fourth-order valence-corrected chi connectivity index (χ4v) is 3.92. The van der Waals surface area contributed by atoms with E-state index in [9.17, 15) is 13.6 Å². The Morgan fingerprint density at radius 3 is 2.33 bits per heavy atom. The quantitative estimate of drug-likeness (QED) is 0.758. The van der Waals surface area contributed by atoms with Crippen LogP contribution in [0.4, 0.5) is 14.5 Å². The van der Waals surface area contributed by atoms with Crippen molar-refractivity contribution in [3.63, 3.8) is 0 Å². The van der Waals surface area contributed by atoms with Gasteiger partial charge in [-0.2, -0.15) is 0 Å². The third-order valence-electron chi connectivity index (χ3n) is 4.10. The third kappa shape index (κ3) is 3.18. The van der Waals surface area contributed by atoms with Gasteiger partial charge in [0.15, 0.2) is 0 Å². The average molecular weight is 347 g/mol. The molecule has 1 atom stereocenters. The molecule has 0 aliphatic carbocycles. The van der Waals surface area contributed by atoms with Gasteiger partial charge in [0.25, 0.3) is 0 Å². The summed E-state index contributed by atoms with van der Waals surface area (Å²) in [6.07, 6.45) is 0. The van der Waals surface area contributed by atoms with Crippen molar-refractivity contribution < 1.29 is 13.6 Å². The van der Waals surface area contributed by atoms with Crippen LogP contribution in [0.5, 0.6) is 0 Å².